The van der Waals surface area contributed by atoms with Gasteiger partial charge < -0.3 is 10.5 Å². The Bertz CT molecular complexity index is 429. The van der Waals surface area contributed by atoms with E-state index in [0.29, 0.717) is 16.3 Å². The highest BCUT2D eigenvalue weighted by Gasteiger charge is 2.40. The predicted octanol–water partition coefficient (Wildman–Crippen LogP) is 2.32. The zero-order valence-corrected chi connectivity index (χ0v) is 9.34. The topological polar surface area (TPSA) is 52.3 Å². The maximum absolute atomic E-state index is 10.9. The van der Waals surface area contributed by atoms with E-state index in [1.165, 1.54) is 0 Å². The number of rotatable bonds is 1. The third-order valence-electron chi connectivity index (χ3n) is 2.69. The molecule has 0 saturated heterocycles. The van der Waals surface area contributed by atoms with Crippen molar-refractivity contribution >= 4 is 17.9 Å². The number of benzene rings is 1. The lowest BCUT2D eigenvalue weighted by Crippen LogP contribution is -2.35. The average Bonchev–Trinajstić information content (AvgIpc) is 2.39. The van der Waals surface area contributed by atoms with E-state index >= 15 is 0 Å². The molecule has 15 heavy (non-hydrogen) atoms. The minimum absolute atomic E-state index is 0.259. The van der Waals surface area contributed by atoms with E-state index in [-0.39, 0.29) is 6.04 Å². The largest absolute Gasteiger partial charge is 0.485 e. The van der Waals surface area contributed by atoms with E-state index in [0.717, 1.165) is 11.8 Å². The van der Waals surface area contributed by atoms with Gasteiger partial charge in [0.15, 0.2) is 6.29 Å². The van der Waals surface area contributed by atoms with Crippen LogP contribution in [0.5, 0.6) is 5.75 Å². The molecule has 0 aromatic heterocycles. The first-order valence-corrected chi connectivity index (χ1v) is 5.06. The molecule has 1 aliphatic heterocycles. The van der Waals surface area contributed by atoms with Crippen LogP contribution in [0.25, 0.3) is 0 Å². The zero-order valence-electron chi connectivity index (χ0n) is 8.58. The number of aldehydes is 1. The molecule has 0 saturated carbocycles. The van der Waals surface area contributed by atoms with Crippen molar-refractivity contribution in [3.63, 3.8) is 0 Å². The molecule has 0 amide bonds. The van der Waals surface area contributed by atoms with E-state index in [1.807, 2.05) is 13.8 Å². The summed E-state index contributed by atoms with van der Waals surface area (Å²) in [6.07, 6.45) is 0.735. The van der Waals surface area contributed by atoms with Crippen molar-refractivity contribution in [2.75, 3.05) is 0 Å². The summed E-state index contributed by atoms with van der Waals surface area (Å²) in [5.41, 5.74) is 6.78. The third kappa shape index (κ3) is 1.52. The number of halogens is 1. The van der Waals surface area contributed by atoms with Gasteiger partial charge in [-0.15, -0.1) is 0 Å². The van der Waals surface area contributed by atoms with Crippen LogP contribution < -0.4 is 10.5 Å². The van der Waals surface area contributed by atoms with Crippen molar-refractivity contribution in [1.82, 2.24) is 0 Å². The number of hydrogen-bond donors (Lipinski definition) is 1. The third-order valence-corrected chi connectivity index (χ3v) is 2.91. The van der Waals surface area contributed by atoms with Crippen molar-refractivity contribution < 1.29 is 9.53 Å². The normalized spacial score (nSPS) is 22.0. The number of carbonyl (C=O) groups is 1. The first-order chi connectivity index (χ1) is 6.95. The monoisotopic (exact) mass is 225 g/mol. The van der Waals surface area contributed by atoms with Gasteiger partial charge in [-0.25, -0.2) is 0 Å². The van der Waals surface area contributed by atoms with Crippen molar-refractivity contribution in [1.29, 1.82) is 0 Å². The second-order valence-electron chi connectivity index (χ2n) is 4.21. The predicted molar refractivity (Wildman–Crippen MR) is 58.5 cm³/mol. The summed E-state index contributed by atoms with van der Waals surface area (Å²) in [4.78, 5) is 10.9. The van der Waals surface area contributed by atoms with Gasteiger partial charge in [-0.2, -0.15) is 0 Å². The highest BCUT2D eigenvalue weighted by atomic mass is 35.5. The van der Waals surface area contributed by atoms with Gasteiger partial charge in [0.25, 0.3) is 0 Å². The molecule has 3 nitrogen and oxygen atoms in total. The van der Waals surface area contributed by atoms with E-state index in [2.05, 4.69) is 0 Å². The molecule has 1 aliphatic rings. The minimum Gasteiger partial charge on any atom is -0.485 e. The van der Waals surface area contributed by atoms with Crippen molar-refractivity contribution in [2.45, 2.75) is 25.5 Å². The first kappa shape index (κ1) is 10.5. The Balaban J connectivity index is 2.63. The number of nitrogens with two attached hydrogens (primary N) is 1. The Morgan fingerprint density at radius 1 is 1.53 bits per heavy atom. The Kier molecular flexibility index (Phi) is 2.24. The first-order valence-electron chi connectivity index (χ1n) is 4.69. The van der Waals surface area contributed by atoms with Gasteiger partial charge >= 0.3 is 0 Å². The Morgan fingerprint density at radius 2 is 2.20 bits per heavy atom. The van der Waals surface area contributed by atoms with Crippen molar-refractivity contribution in [2.24, 2.45) is 5.73 Å². The van der Waals surface area contributed by atoms with Gasteiger partial charge in [0.1, 0.15) is 11.4 Å². The zero-order chi connectivity index (χ0) is 11.2. The number of ether oxygens (including phenoxy) is 1. The van der Waals surface area contributed by atoms with Gasteiger partial charge in [0.2, 0.25) is 0 Å². The molecule has 0 aliphatic carbocycles. The maximum Gasteiger partial charge on any atom is 0.153 e. The van der Waals surface area contributed by atoms with Crippen LogP contribution in [0.1, 0.15) is 35.8 Å². The molecule has 4 heteroatoms. The van der Waals surface area contributed by atoms with Crippen LogP contribution in [0.2, 0.25) is 5.02 Å². The number of fused-ring (bicyclic) bond motifs is 1. The quantitative estimate of drug-likeness (QED) is 0.747. The molecule has 0 spiro atoms. The van der Waals surface area contributed by atoms with Gasteiger partial charge in [-0.3, -0.25) is 4.79 Å². The lowest BCUT2D eigenvalue weighted by atomic mass is 9.95. The SMILES string of the molecule is CC1(C)Oc2c(C=O)cc(Cl)cc2C1N. The molecule has 1 aromatic carbocycles. The van der Waals surface area contributed by atoms with Crippen LogP contribution in [0.3, 0.4) is 0 Å². The lowest BCUT2D eigenvalue weighted by Gasteiger charge is -2.22. The second-order valence-corrected chi connectivity index (χ2v) is 4.65. The minimum atomic E-state index is -0.495. The number of hydrogen-bond acceptors (Lipinski definition) is 3. The van der Waals surface area contributed by atoms with Crippen LogP contribution in [-0.2, 0) is 0 Å². The van der Waals surface area contributed by atoms with Crippen molar-refractivity contribution in [3.8, 4) is 5.75 Å². The van der Waals surface area contributed by atoms with E-state index in [1.54, 1.807) is 12.1 Å². The maximum atomic E-state index is 10.9. The molecule has 0 bridgehead atoms. The Morgan fingerprint density at radius 3 is 2.80 bits per heavy atom. The molecule has 1 aromatic rings. The van der Waals surface area contributed by atoms with Crippen LogP contribution in [0, 0.1) is 0 Å². The summed E-state index contributed by atoms with van der Waals surface area (Å²) in [7, 11) is 0. The standard InChI is InChI=1S/C11H12ClNO2/c1-11(2)10(13)8-4-7(12)3-6(5-14)9(8)15-11/h3-5,10H,13H2,1-2H3. The molecule has 2 N–H and O–H groups in total. The molecule has 1 atom stereocenters. The van der Waals surface area contributed by atoms with Gasteiger partial charge in [-0.1, -0.05) is 11.6 Å². The Hall–Kier alpha value is -1.06. The molecule has 1 unspecified atom stereocenters. The summed E-state index contributed by atoms with van der Waals surface area (Å²) >= 11 is 5.90. The van der Waals surface area contributed by atoms with Gasteiger partial charge in [0, 0.05) is 10.6 Å². The van der Waals surface area contributed by atoms with Crippen LogP contribution in [0.4, 0.5) is 0 Å². The lowest BCUT2D eigenvalue weighted by molar-refractivity contribution is 0.105. The average molecular weight is 226 g/mol. The summed E-state index contributed by atoms with van der Waals surface area (Å²) in [5, 5.41) is 0.507. The fourth-order valence-electron chi connectivity index (χ4n) is 1.77. The molecular formula is C11H12ClNO2. The highest BCUT2D eigenvalue weighted by molar-refractivity contribution is 6.31. The molecule has 0 radical (unpaired) electrons. The summed E-state index contributed by atoms with van der Waals surface area (Å²) in [6.45, 7) is 3.78. The summed E-state index contributed by atoms with van der Waals surface area (Å²) in [6, 6.07) is 3.08. The summed E-state index contributed by atoms with van der Waals surface area (Å²) in [5.74, 6) is 0.562. The molecular weight excluding hydrogens is 214 g/mol. The fraction of sp³-hybridized carbons (Fsp3) is 0.364. The summed E-state index contributed by atoms with van der Waals surface area (Å²) < 4.78 is 5.67. The molecule has 2 rings (SSSR count). The van der Waals surface area contributed by atoms with Crippen LogP contribution >= 0.6 is 11.6 Å². The highest BCUT2D eigenvalue weighted by Crippen LogP contribution is 2.44. The van der Waals surface area contributed by atoms with Crippen molar-refractivity contribution in [3.05, 3.63) is 28.3 Å². The van der Waals surface area contributed by atoms with E-state index < -0.39 is 5.60 Å². The van der Waals surface area contributed by atoms with Gasteiger partial charge in [-0.05, 0) is 26.0 Å². The molecule has 80 valence electrons. The number of carbonyl (C=O) groups excluding carboxylic acids is 1. The second kappa shape index (κ2) is 3.22. The molecule has 1 heterocycles. The van der Waals surface area contributed by atoms with E-state index in [9.17, 15) is 4.79 Å². The van der Waals surface area contributed by atoms with Crippen LogP contribution in [-0.4, -0.2) is 11.9 Å². The van der Waals surface area contributed by atoms with E-state index in [4.69, 9.17) is 22.1 Å². The van der Waals surface area contributed by atoms with Gasteiger partial charge in [0.05, 0.1) is 11.6 Å². The smallest absolute Gasteiger partial charge is 0.153 e. The Labute approximate surface area is 93.2 Å². The fourth-order valence-corrected chi connectivity index (χ4v) is 2.01. The van der Waals surface area contributed by atoms with Crippen LogP contribution in [0.15, 0.2) is 12.1 Å². The molecule has 0 fully saturated rings.